The van der Waals surface area contributed by atoms with E-state index in [4.69, 9.17) is 5.73 Å². The number of nitrogens with two attached hydrogens (primary N) is 1. The lowest BCUT2D eigenvalue weighted by Gasteiger charge is -2.13. The zero-order chi connectivity index (χ0) is 12.9. The molecule has 2 aromatic heterocycles. The molecule has 0 amide bonds. The lowest BCUT2D eigenvalue weighted by Crippen LogP contribution is -2.03. The van der Waals surface area contributed by atoms with E-state index in [1.807, 2.05) is 0 Å². The number of hydrogen-bond acceptors (Lipinski definition) is 4. The summed E-state index contributed by atoms with van der Waals surface area (Å²) in [5.74, 6) is 0.366. The second-order valence-corrected chi connectivity index (χ2v) is 5.93. The Bertz CT molecular complexity index is 657. The van der Waals surface area contributed by atoms with Gasteiger partial charge < -0.3 is 5.73 Å². The van der Waals surface area contributed by atoms with Crippen molar-refractivity contribution in [2.24, 2.45) is 0 Å². The number of nitrogen functional groups attached to an aromatic ring is 1. The minimum absolute atomic E-state index is 0.366. The van der Waals surface area contributed by atoms with Crippen LogP contribution in [-0.4, -0.2) is 10.2 Å². The van der Waals surface area contributed by atoms with Crippen LogP contribution < -0.4 is 5.73 Å². The highest BCUT2D eigenvalue weighted by atomic mass is 32.1. The zero-order valence-corrected chi connectivity index (χ0v) is 11.2. The van der Waals surface area contributed by atoms with E-state index < -0.39 is 0 Å². The van der Waals surface area contributed by atoms with E-state index in [1.54, 1.807) is 0 Å². The molecule has 1 aliphatic rings. The minimum Gasteiger partial charge on any atom is -0.389 e. The summed E-state index contributed by atoms with van der Waals surface area (Å²) in [6.07, 6.45) is 1.78. The van der Waals surface area contributed by atoms with Gasteiger partial charge in [0.1, 0.15) is 11.1 Å². The molecule has 2 aromatic rings. The molecule has 92 valence electrons. The quantitative estimate of drug-likeness (QED) is 0.825. The predicted molar refractivity (Wildman–Crippen MR) is 72.5 cm³/mol. The van der Waals surface area contributed by atoms with Gasteiger partial charge in [0.25, 0.3) is 0 Å². The molecule has 0 radical (unpaired) electrons. The van der Waals surface area contributed by atoms with Gasteiger partial charge in [-0.2, -0.15) is 10.4 Å². The van der Waals surface area contributed by atoms with Gasteiger partial charge in [0, 0.05) is 16.1 Å². The Labute approximate surface area is 109 Å². The van der Waals surface area contributed by atoms with Crippen molar-refractivity contribution in [3.8, 4) is 16.5 Å². The number of aromatic amines is 1. The molecule has 5 heteroatoms. The largest absolute Gasteiger partial charge is 0.389 e. The molecule has 0 bridgehead atoms. The Morgan fingerprint density at radius 1 is 1.44 bits per heavy atom. The number of aromatic nitrogens is 2. The molecule has 1 aliphatic carbocycles. The van der Waals surface area contributed by atoms with E-state index in [9.17, 15) is 5.26 Å². The molecule has 0 aliphatic heterocycles. The number of nitriles is 1. The van der Waals surface area contributed by atoms with Crippen LogP contribution in [0.1, 0.15) is 42.3 Å². The molecule has 3 N–H and O–H groups in total. The highest BCUT2D eigenvalue weighted by Crippen LogP contribution is 2.45. The SMILES string of the molecule is CC(C)c1n[nH]c2c1-c1sc(N)c(C#N)c1CC2. The average molecular weight is 258 g/mol. The Balaban J connectivity index is 2.29. The standard InChI is InChI=1S/C13H14N4S/c1-6(2)11-10-9(16-17-11)4-3-7-8(5-14)13(15)18-12(7)10/h6H,3-4,15H2,1-2H3,(H,16,17). The maximum absolute atomic E-state index is 9.19. The van der Waals surface area contributed by atoms with Gasteiger partial charge in [0.15, 0.2) is 0 Å². The summed E-state index contributed by atoms with van der Waals surface area (Å²) in [7, 11) is 0. The fourth-order valence-corrected chi connectivity index (χ4v) is 3.69. The molecule has 0 saturated carbocycles. The summed E-state index contributed by atoms with van der Waals surface area (Å²) < 4.78 is 0. The van der Waals surface area contributed by atoms with Crippen molar-refractivity contribution in [3.05, 3.63) is 22.5 Å². The van der Waals surface area contributed by atoms with Crippen molar-refractivity contribution in [1.82, 2.24) is 10.2 Å². The van der Waals surface area contributed by atoms with Crippen molar-refractivity contribution >= 4 is 16.3 Å². The monoisotopic (exact) mass is 258 g/mol. The first-order valence-electron chi connectivity index (χ1n) is 6.02. The topological polar surface area (TPSA) is 78.5 Å². The first kappa shape index (κ1) is 11.3. The number of thiophene rings is 1. The summed E-state index contributed by atoms with van der Waals surface area (Å²) in [5.41, 5.74) is 11.2. The van der Waals surface area contributed by atoms with Gasteiger partial charge >= 0.3 is 0 Å². The number of hydrogen-bond donors (Lipinski definition) is 2. The molecule has 0 aromatic carbocycles. The normalized spacial score (nSPS) is 13.2. The van der Waals surface area contributed by atoms with Crippen molar-refractivity contribution in [1.29, 1.82) is 5.26 Å². The molecule has 4 nitrogen and oxygen atoms in total. The minimum atomic E-state index is 0.366. The number of H-pyrrole nitrogens is 1. The molecule has 2 heterocycles. The smallest absolute Gasteiger partial charge is 0.105 e. The van der Waals surface area contributed by atoms with Crippen molar-refractivity contribution in [2.45, 2.75) is 32.6 Å². The number of fused-ring (bicyclic) bond motifs is 3. The van der Waals surface area contributed by atoms with Crippen LogP contribution in [0.4, 0.5) is 5.00 Å². The second kappa shape index (κ2) is 3.85. The van der Waals surface area contributed by atoms with Crippen molar-refractivity contribution in [2.75, 3.05) is 5.73 Å². The highest BCUT2D eigenvalue weighted by molar-refractivity contribution is 7.19. The Hall–Kier alpha value is -1.80. The summed E-state index contributed by atoms with van der Waals surface area (Å²) in [6, 6.07) is 2.23. The van der Waals surface area contributed by atoms with Crippen LogP contribution >= 0.6 is 11.3 Å². The van der Waals surface area contributed by atoms with Crippen LogP contribution in [-0.2, 0) is 12.8 Å². The van der Waals surface area contributed by atoms with Crippen LogP contribution in [0.5, 0.6) is 0 Å². The third-order valence-electron chi connectivity index (χ3n) is 3.41. The lowest BCUT2D eigenvalue weighted by atomic mass is 9.90. The Morgan fingerprint density at radius 2 is 2.22 bits per heavy atom. The molecule has 0 fully saturated rings. The van der Waals surface area contributed by atoms with E-state index >= 15 is 0 Å². The van der Waals surface area contributed by atoms with Gasteiger partial charge in [-0.05, 0) is 24.3 Å². The van der Waals surface area contributed by atoms with Crippen LogP contribution in [0.3, 0.4) is 0 Å². The van der Waals surface area contributed by atoms with Crippen molar-refractivity contribution < 1.29 is 0 Å². The van der Waals surface area contributed by atoms with E-state index in [0.717, 1.165) is 29.0 Å². The van der Waals surface area contributed by atoms with E-state index in [1.165, 1.54) is 22.6 Å². The van der Waals surface area contributed by atoms with Crippen LogP contribution in [0.15, 0.2) is 0 Å². The summed E-state index contributed by atoms with van der Waals surface area (Å²) >= 11 is 1.52. The Kier molecular flexibility index (Phi) is 2.42. The molecule has 0 unspecified atom stereocenters. The molecule has 18 heavy (non-hydrogen) atoms. The summed E-state index contributed by atoms with van der Waals surface area (Å²) in [5, 5.41) is 17.4. The number of nitrogens with zero attached hydrogens (tertiary/aromatic N) is 2. The third-order valence-corrected chi connectivity index (χ3v) is 4.49. The first-order chi connectivity index (χ1) is 8.63. The zero-order valence-electron chi connectivity index (χ0n) is 10.4. The van der Waals surface area contributed by atoms with Gasteiger partial charge in [-0.25, -0.2) is 0 Å². The number of rotatable bonds is 1. The van der Waals surface area contributed by atoms with E-state index in [2.05, 4.69) is 30.1 Å². The van der Waals surface area contributed by atoms with E-state index in [-0.39, 0.29) is 0 Å². The number of nitrogens with one attached hydrogen (secondary N) is 1. The number of aryl methyl sites for hydroxylation is 1. The number of anilines is 1. The maximum Gasteiger partial charge on any atom is 0.105 e. The van der Waals surface area contributed by atoms with Gasteiger partial charge in [-0.3, -0.25) is 5.10 Å². The second-order valence-electron chi connectivity index (χ2n) is 4.88. The molecule has 0 saturated heterocycles. The lowest BCUT2D eigenvalue weighted by molar-refractivity contribution is 0.809. The highest BCUT2D eigenvalue weighted by Gasteiger charge is 2.28. The molecular formula is C13H14N4S. The van der Waals surface area contributed by atoms with Gasteiger partial charge in [-0.15, -0.1) is 11.3 Å². The van der Waals surface area contributed by atoms with Gasteiger partial charge in [0.05, 0.1) is 11.3 Å². The van der Waals surface area contributed by atoms with E-state index in [0.29, 0.717) is 16.5 Å². The molecule has 0 spiro atoms. The van der Waals surface area contributed by atoms with Crippen LogP contribution in [0.25, 0.3) is 10.4 Å². The van der Waals surface area contributed by atoms with Crippen LogP contribution in [0, 0.1) is 11.3 Å². The average Bonchev–Trinajstić information content (AvgIpc) is 2.87. The molecular weight excluding hydrogens is 244 g/mol. The molecule has 3 rings (SSSR count). The van der Waals surface area contributed by atoms with Gasteiger partial charge in [0.2, 0.25) is 0 Å². The molecule has 0 atom stereocenters. The maximum atomic E-state index is 9.19. The summed E-state index contributed by atoms with van der Waals surface area (Å²) in [6.45, 7) is 4.26. The summed E-state index contributed by atoms with van der Waals surface area (Å²) in [4.78, 5) is 1.14. The van der Waals surface area contributed by atoms with Crippen molar-refractivity contribution in [3.63, 3.8) is 0 Å². The fourth-order valence-electron chi connectivity index (χ4n) is 2.54. The predicted octanol–water partition coefficient (Wildman–Crippen LogP) is 2.81. The third kappa shape index (κ3) is 1.39. The fraction of sp³-hybridized carbons (Fsp3) is 0.385. The Morgan fingerprint density at radius 3 is 2.89 bits per heavy atom. The van der Waals surface area contributed by atoms with Crippen LogP contribution in [0.2, 0.25) is 0 Å². The van der Waals surface area contributed by atoms with Gasteiger partial charge in [-0.1, -0.05) is 13.8 Å². The first-order valence-corrected chi connectivity index (χ1v) is 6.83.